The van der Waals surface area contributed by atoms with Crippen molar-refractivity contribution in [2.24, 2.45) is 11.7 Å². The zero-order valence-electron chi connectivity index (χ0n) is 13.0. The SMILES string of the molecule is NC(=O)c1cc(-c2cncc(NCC3CCCOC3)n2)c(Cl)cn1. The van der Waals surface area contributed by atoms with E-state index in [-0.39, 0.29) is 5.69 Å². The fourth-order valence-electron chi connectivity index (χ4n) is 2.57. The van der Waals surface area contributed by atoms with Crippen LogP contribution in [0.25, 0.3) is 11.3 Å². The third-order valence-corrected chi connectivity index (χ3v) is 4.15. The molecule has 3 N–H and O–H groups in total. The number of hydrogen-bond acceptors (Lipinski definition) is 6. The maximum absolute atomic E-state index is 11.3. The number of carbonyl (C=O) groups excluding carboxylic acids is 1. The molecule has 2 aromatic rings. The van der Waals surface area contributed by atoms with Gasteiger partial charge in [0.25, 0.3) is 5.91 Å². The van der Waals surface area contributed by atoms with Gasteiger partial charge in [0, 0.05) is 24.9 Å². The first kappa shape index (κ1) is 16.6. The van der Waals surface area contributed by atoms with Crippen LogP contribution in [0.15, 0.2) is 24.7 Å². The van der Waals surface area contributed by atoms with Gasteiger partial charge in [0.05, 0.1) is 29.7 Å². The number of ether oxygens (including phenoxy) is 1. The van der Waals surface area contributed by atoms with Crippen molar-refractivity contribution in [1.82, 2.24) is 15.0 Å². The topological polar surface area (TPSA) is 103 Å². The van der Waals surface area contributed by atoms with Crippen LogP contribution in [0.5, 0.6) is 0 Å². The first-order valence-corrected chi connectivity index (χ1v) is 8.10. The van der Waals surface area contributed by atoms with Crippen molar-refractivity contribution in [3.8, 4) is 11.3 Å². The summed E-state index contributed by atoms with van der Waals surface area (Å²) >= 11 is 6.17. The summed E-state index contributed by atoms with van der Waals surface area (Å²) in [6.07, 6.45) is 6.84. The normalized spacial score (nSPS) is 17.5. The van der Waals surface area contributed by atoms with Crippen molar-refractivity contribution in [1.29, 1.82) is 0 Å². The molecule has 1 aliphatic heterocycles. The molecule has 2 aromatic heterocycles. The number of amides is 1. The van der Waals surface area contributed by atoms with Crippen LogP contribution in [0, 0.1) is 5.92 Å². The van der Waals surface area contributed by atoms with Gasteiger partial charge in [-0.1, -0.05) is 11.6 Å². The Labute approximate surface area is 144 Å². The summed E-state index contributed by atoms with van der Waals surface area (Å²) in [5.74, 6) is 0.495. The molecule has 3 rings (SSSR count). The van der Waals surface area contributed by atoms with Crippen LogP contribution >= 0.6 is 11.6 Å². The molecule has 7 nitrogen and oxygen atoms in total. The van der Waals surface area contributed by atoms with E-state index in [1.165, 1.54) is 12.3 Å². The van der Waals surface area contributed by atoms with Crippen LogP contribution in [0.1, 0.15) is 23.3 Å². The largest absolute Gasteiger partial charge is 0.381 e. The van der Waals surface area contributed by atoms with Crippen LogP contribution < -0.4 is 11.1 Å². The van der Waals surface area contributed by atoms with Gasteiger partial charge in [-0.3, -0.25) is 9.78 Å². The molecule has 126 valence electrons. The van der Waals surface area contributed by atoms with E-state index >= 15 is 0 Å². The Morgan fingerprint density at radius 1 is 1.42 bits per heavy atom. The second-order valence-corrected chi connectivity index (χ2v) is 6.07. The number of primary amides is 1. The summed E-state index contributed by atoms with van der Waals surface area (Å²) < 4.78 is 5.47. The Morgan fingerprint density at radius 2 is 2.29 bits per heavy atom. The van der Waals surface area contributed by atoms with Gasteiger partial charge in [-0.2, -0.15) is 0 Å². The maximum atomic E-state index is 11.3. The fraction of sp³-hybridized carbons (Fsp3) is 0.375. The molecule has 1 saturated heterocycles. The molecule has 1 unspecified atom stereocenters. The van der Waals surface area contributed by atoms with E-state index in [9.17, 15) is 4.79 Å². The standard InChI is InChI=1S/C16H18ClN5O2/c17-12-6-20-13(16(18)23)4-11(12)14-7-19-8-15(22-14)21-5-10-2-1-3-24-9-10/h4,6-8,10H,1-3,5,9H2,(H2,18,23)(H,21,22). The van der Waals surface area contributed by atoms with Gasteiger partial charge >= 0.3 is 0 Å². The minimum atomic E-state index is -0.618. The number of hydrogen-bond donors (Lipinski definition) is 2. The van der Waals surface area contributed by atoms with Crippen LogP contribution in [-0.2, 0) is 4.74 Å². The number of carbonyl (C=O) groups is 1. The van der Waals surface area contributed by atoms with Gasteiger partial charge in [0.2, 0.25) is 0 Å². The van der Waals surface area contributed by atoms with Crippen molar-refractivity contribution >= 4 is 23.3 Å². The lowest BCUT2D eigenvalue weighted by Gasteiger charge is -2.22. The molecule has 0 spiro atoms. The third kappa shape index (κ3) is 3.98. The molecule has 0 bridgehead atoms. The molecule has 8 heteroatoms. The molecule has 3 heterocycles. The van der Waals surface area contributed by atoms with Crippen molar-refractivity contribution in [3.05, 3.63) is 35.4 Å². The highest BCUT2D eigenvalue weighted by molar-refractivity contribution is 6.33. The van der Waals surface area contributed by atoms with Gasteiger partial charge in [0.15, 0.2) is 0 Å². The average Bonchev–Trinajstić information content (AvgIpc) is 2.61. The van der Waals surface area contributed by atoms with Crippen LogP contribution in [0.4, 0.5) is 5.82 Å². The summed E-state index contributed by atoms with van der Waals surface area (Å²) in [5, 5.41) is 3.66. The van der Waals surface area contributed by atoms with Crippen LogP contribution in [0.2, 0.25) is 5.02 Å². The number of halogens is 1. The summed E-state index contributed by atoms with van der Waals surface area (Å²) in [6, 6.07) is 1.52. The Hall–Kier alpha value is -2.25. The number of aromatic nitrogens is 3. The molecular formula is C16H18ClN5O2. The van der Waals surface area contributed by atoms with E-state index in [0.29, 0.717) is 28.0 Å². The van der Waals surface area contributed by atoms with Gasteiger partial charge in [-0.25, -0.2) is 9.97 Å². The molecule has 0 aromatic carbocycles. The average molecular weight is 348 g/mol. The smallest absolute Gasteiger partial charge is 0.267 e. The molecular weight excluding hydrogens is 330 g/mol. The minimum Gasteiger partial charge on any atom is -0.381 e. The Morgan fingerprint density at radius 3 is 3.04 bits per heavy atom. The zero-order valence-corrected chi connectivity index (χ0v) is 13.8. The van der Waals surface area contributed by atoms with Gasteiger partial charge in [0.1, 0.15) is 11.5 Å². The lowest BCUT2D eigenvalue weighted by molar-refractivity contribution is 0.0595. The van der Waals surface area contributed by atoms with Crippen molar-refractivity contribution in [3.63, 3.8) is 0 Å². The Kier molecular flexibility index (Phi) is 5.22. The second kappa shape index (κ2) is 7.55. The van der Waals surface area contributed by atoms with Crippen LogP contribution in [-0.4, -0.2) is 40.6 Å². The molecule has 1 amide bonds. The quantitative estimate of drug-likeness (QED) is 0.858. The van der Waals surface area contributed by atoms with Crippen molar-refractivity contribution in [2.45, 2.75) is 12.8 Å². The molecule has 0 radical (unpaired) electrons. The lowest BCUT2D eigenvalue weighted by Crippen LogP contribution is -2.24. The molecule has 0 saturated carbocycles. The Balaban J connectivity index is 1.77. The van der Waals surface area contributed by atoms with Gasteiger partial charge in [-0.15, -0.1) is 0 Å². The third-order valence-electron chi connectivity index (χ3n) is 3.84. The fourth-order valence-corrected chi connectivity index (χ4v) is 2.77. The maximum Gasteiger partial charge on any atom is 0.267 e. The zero-order chi connectivity index (χ0) is 16.9. The lowest BCUT2D eigenvalue weighted by atomic mass is 10.0. The van der Waals surface area contributed by atoms with E-state index < -0.39 is 5.91 Å². The molecule has 1 aliphatic rings. The molecule has 1 atom stereocenters. The highest BCUT2D eigenvalue weighted by Gasteiger charge is 2.15. The van der Waals surface area contributed by atoms with E-state index in [1.54, 1.807) is 12.4 Å². The summed E-state index contributed by atoms with van der Waals surface area (Å²) in [4.78, 5) is 23.9. The number of nitrogens with two attached hydrogens (primary N) is 1. The summed E-state index contributed by atoms with van der Waals surface area (Å²) in [5.41, 5.74) is 6.52. The summed E-state index contributed by atoms with van der Waals surface area (Å²) in [6.45, 7) is 2.38. The number of pyridine rings is 1. The number of nitrogens with one attached hydrogen (secondary N) is 1. The number of rotatable bonds is 5. The second-order valence-electron chi connectivity index (χ2n) is 5.67. The Bertz CT molecular complexity index is 734. The summed E-state index contributed by atoms with van der Waals surface area (Å²) in [7, 11) is 0. The first-order valence-electron chi connectivity index (χ1n) is 7.73. The first-order chi connectivity index (χ1) is 11.6. The number of anilines is 1. The monoisotopic (exact) mass is 347 g/mol. The van der Waals surface area contributed by atoms with Crippen LogP contribution in [0.3, 0.4) is 0 Å². The van der Waals surface area contributed by atoms with E-state index in [0.717, 1.165) is 32.6 Å². The van der Waals surface area contributed by atoms with E-state index in [4.69, 9.17) is 22.1 Å². The minimum absolute atomic E-state index is 0.133. The molecule has 24 heavy (non-hydrogen) atoms. The van der Waals surface area contributed by atoms with Crippen molar-refractivity contribution in [2.75, 3.05) is 25.1 Å². The van der Waals surface area contributed by atoms with Gasteiger partial charge in [-0.05, 0) is 24.8 Å². The highest BCUT2D eigenvalue weighted by Crippen LogP contribution is 2.26. The van der Waals surface area contributed by atoms with E-state index in [2.05, 4.69) is 20.3 Å². The van der Waals surface area contributed by atoms with E-state index in [1.807, 2.05) is 0 Å². The molecule has 1 fully saturated rings. The predicted molar refractivity (Wildman–Crippen MR) is 90.8 cm³/mol. The van der Waals surface area contributed by atoms with Gasteiger partial charge < -0.3 is 15.8 Å². The predicted octanol–water partition coefficient (Wildman–Crippen LogP) is 2.13. The molecule has 0 aliphatic carbocycles. The number of nitrogens with zero attached hydrogens (tertiary/aromatic N) is 3. The highest BCUT2D eigenvalue weighted by atomic mass is 35.5. The van der Waals surface area contributed by atoms with Crippen molar-refractivity contribution < 1.29 is 9.53 Å².